The van der Waals surface area contributed by atoms with Crippen LogP contribution in [0.15, 0.2) is 42.5 Å². The number of hydrogen-bond acceptors (Lipinski definition) is 4. The molecule has 0 radical (unpaired) electrons. The van der Waals surface area contributed by atoms with Gasteiger partial charge in [0.1, 0.15) is 21.9 Å². The number of hydrogen-bond donors (Lipinski definition) is 2. The largest absolute Gasteiger partial charge is 0.317 e. The van der Waals surface area contributed by atoms with E-state index in [4.69, 9.17) is 0 Å². The van der Waals surface area contributed by atoms with Gasteiger partial charge < -0.3 is 5.32 Å². The lowest BCUT2D eigenvalue weighted by molar-refractivity contribution is -0.139. The number of halogens is 2. The lowest BCUT2D eigenvalue weighted by Crippen LogP contribution is -2.49. The van der Waals surface area contributed by atoms with E-state index in [1.165, 1.54) is 23.4 Å². The highest BCUT2D eigenvalue weighted by Gasteiger charge is 2.54. The number of aryl methyl sites for hydroxylation is 1. The number of nitrogens with zero attached hydrogens (tertiary/aromatic N) is 1. The number of fused-ring (bicyclic) bond motifs is 2. The maximum Gasteiger partial charge on any atom is 0.238 e. The number of piperidine rings is 1. The molecule has 7 heteroatoms. The fourth-order valence-corrected chi connectivity index (χ4v) is 6.62. The van der Waals surface area contributed by atoms with Crippen molar-refractivity contribution in [2.75, 3.05) is 13.1 Å². The summed E-state index contributed by atoms with van der Waals surface area (Å²) in [6, 6.07) is 11.7. The molecule has 3 aliphatic rings. The monoisotopic (exact) mass is 429 g/mol. The fourth-order valence-electron chi connectivity index (χ4n) is 4.95. The van der Waals surface area contributed by atoms with Gasteiger partial charge in [-0.15, -0.1) is 11.8 Å². The summed E-state index contributed by atoms with van der Waals surface area (Å²) in [4.78, 5) is 12.9. The van der Waals surface area contributed by atoms with Crippen LogP contribution in [-0.2, 0) is 16.1 Å². The van der Waals surface area contributed by atoms with Gasteiger partial charge in [0, 0.05) is 12.0 Å². The van der Waals surface area contributed by atoms with Crippen molar-refractivity contribution in [3.8, 4) is 0 Å². The number of carbonyl (C=O) groups excluding carboxylic acids is 1. The third kappa shape index (κ3) is 3.43. The summed E-state index contributed by atoms with van der Waals surface area (Å²) in [5, 5.41) is 4.55. The van der Waals surface area contributed by atoms with Crippen molar-refractivity contribution >= 4 is 17.7 Å². The first-order valence-electron chi connectivity index (χ1n) is 10.6. The van der Waals surface area contributed by atoms with E-state index in [1.54, 1.807) is 5.01 Å². The average Bonchev–Trinajstić information content (AvgIpc) is 3.33. The van der Waals surface area contributed by atoms with E-state index >= 15 is 0 Å². The predicted molar refractivity (Wildman–Crippen MR) is 113 cm³/mol. The number of rotatable bonds is 3. The first-order valence-corrected chi connectivity index (χ1v) is 11.5. The second-order valence-electron chi connectivity index (χ2n) is 8.36. The summed E-state index contributed by atoms with van der Waals surface area (Å²) in [7, 11) is 0. The van der Waals surface area contributed by atoms with E-state index in [0.29, 0.717) is 12.3 Å². The molecule has 2 aromatic rings. The van der Waals surface area contributed by atoms with Crippen LogP contribution in [0.2, 0.25) is 0 Å². The molecule has 2 fully saturated rings. The molecule has 2 saturated heterocycles. The zero-order valence-corrected chi connectivity index (χ0v) is 17.5. The fraction of sp³-hybridized carbons (Fsp3) is 0.435. The van der Waals surface area contributed by atoms with Gasteiger partial charge in [0.05, 0.1) is 0 Å². The van der Waals surface area contributed by atoms with Gasteiger partial charge in [0.25, 0.3) is 0 Å². The van der Waals surface area contributed by atoms with E-state index < -0.39 is 21.9 Å². The Bertz CT molecular complexity index is 965. The highest BCUT2D eigenvalue weighted by molar-refractivity contribution is 8.00. The minimum Gasteiger partial charge on any atom is -0.317 e. The Balaban J connectivity index is 1.50. The molecule has 0 saturated carbocycles. The molecule has 2 aromatic carbocycles. The maximum atomic E-state index is 14.6. The molecule has 2 N–H and O–H groups in total. The Hall–Kier alpha value is -1.96. The van der Waals surface area contributed by atoms with Crippen molar-refractivity contribution in [1.82, 2.24) is 15.8 Å². The molecule has 1 amide bonds. The zero-order chi connectivity index (χ0) is 20.7. The number of carbonyl (C=O) groups is 1. The molecular formula is C23H25F2N3OS. The van der Waals surface area contributed by atoms with Gasteiger partial charge in [-0.2, -0.15) is 0 Å². The smallest absolute Gasteiger partial charge is 0.238 e. The summed E-state index contributed by atoms with van der Waals surface area (Å²) < 4.78 is 28.4. The minimum absolute atomic E-state index is 0.0328. The molecule has 30 heavy (non-hydrogen) atoms. The molecule has 2 atom stereocenters. The molecule has 158 valence electrons. The Morgan fingerprint density at radius 2 is 1.97 bits per heavy atom. The standard InChI is InChI=1S/C23H25F2N3OS/c24-17-5-6-20(25)18(14-17)22-27-28(21(29)13-15-8-11-26-12-9-15)23(30-22)10-7-16-3-1-2-4-19(16)23/h1-6,14-15,22,26-27H,7-13H2. The van der Waals surface area contributed by atoms with Crippen LogP contribution in [0.1, 0.15) is 47.7 Å². The van der Waals surface area contributed by atoms with E-state index in [1.807, 2.05) is 12.1 Å². The number of hydrazine groups is 1. The molecule has 1 spiro atoms. The van der Waals surface area contributed by atoms with Crippen molar-refractivity contribution < 1.29 is 13.6 Å². The second kappa shape index (κ2) is 7.94. The number of nitrogens with one attached hydrogen (secondary N) is 2. The topological polar surface area (TPSA) is 44.4 Å². The molecule has 2 heterocycles. The van der Waals surface area contributed by atoms with Crippen LogP contribution in [0.3, 0.4) is 0 Å². The summed E-state index contributed by atoms with van der Waals surface area (Å²) in [5.41, 5.74) is 5.83. The van der Waals surface area contributed by atoms with Crippen LogP contribution in [0.4, 0.5) is 8.78 Å². The van der Waals surface area contributed by atoms with Gasteiger partial charge >= 0.3 is 0 Å². The quantitative estimate of drug-likeness (QED) is 0.766. The van der Waals surface area contributed by atoms with E-state index in [-0.39, 0.29) is 11.5 Å². The highest BCUT2D eigenvalue weighted by Crippen LogP contribution is 2.58. The highest BCUT2D eigenvalue weighted by atomic mass is 32.2. The van der Waals surface area contributed by atoms with E-state index in [0.717, 1.165) is 56.5 Å². The van der Waals surface area contributed by atoms with Crippen molar-refractivity contribution in [3.05, 3.63) is 70.8 Å². The zero-order valence-electron chi connectivity index (χ0n) is 16.7. The molecular weight excluding hydrogens is 404 g/mol. The molecule has 0 aromatic heterocycles. The number of amides is 1. The van der Waals surface area contributed by atoms with Gasteiger partial charge in [0.2, 0.25) is 5.91 Å². The SMILES string of the molecule is O=C(CC1CCNCC1)N1NC(c2cc(F)ccc2F)SC12CCc1ccccc12. The number of benzene rings is 2. The lowest BCUT2D eigenvalue weighted by atomic mass is 9.94. The van der Waals surface area contributed by atoms with Gasteiger partial charge in [0.15, 0.2) is 0 Å². The predicted octanol–water partition coefficient (Wildman–Crippen LogP) is 4.23. The van der Waals surface area contributed by atoms with Crippen LogP contribution < -0.4 is 10.7 Å². The first-order chi connectivity index (χ1) is 14.6. The lowest BCUT2D eigenvalue weighted by Gasteiger charge is -2.35. The summed E-state index contributed by atoms with van der Waals surface area (Å²) >= 11 is 1.51. The number of thioether (sulfide) groups is 1. The molecule has 5 rings (SSSR count). The Labute approximate surface area is 179 Å². The van der Waals surface area contributed by atoms with Crippen molar-refractivity contribution in [3.63, 3.8) is 0 Å². The molecule has 1 aliphatic carbocycles. The summed E-state index contributed by atoms with van der Waals surface area (Å²) in [5.74, 6) is -0.556. The third-order valence-corrected chi connectivity index (χ3v) is 8.10. The van der Waals surface area contributed by atoms with E-state index in [2.05, 4.69) is 22.9 Å². The summed E-state index contributed by atoms with van der Waals surface area (Å²) in [6.07, 6.45) is 4.06. The van der Waals surface area contributed by atoms with Crippen LogP contribution in [0.5, 0.6) is 0 Å². The van der Waals surface area contributed by atoms with Crippen molar-refractivity contribution in [2.45, 2.75) is 42.3 Å². The minimum atomic E-state index is -0.593. The van der Waals surface area contributed by atoms with Crippen molar-refractivity contribution in [1.29, 1.82) is 0 Å². The maximum absolute atomic E-state index is 14.6. The summed E-state index contributed by atoms with van der Waals surface area (Å²) in [6.45, 7) is 1.87. The Kier molecular flexibility index (Phi) is 5.29. The second-order valence-corrected chi connectivity index (χ2v) is 9.74. The van der Waals surface area contributed by atoms with Gasteiger partial charge in [-0.3, -0.25) is 9.80 Å². The van der Waals surface area contributed by atoms with Crippen LogP contribution in [0.25, 0.3) is 0 Å². The van der Waals surface area contributed by atoms with Gasteiger partial charge in [-0.05, 0) is 74.0 Å². The molecule has 4 nitrogen and oxygen atoms in total. The first kappa shape index (κ1) is 20.0. The molecule has 0 bridgehead atoms. The average molecular weight is 430 g/mol. The van der Waals surface area contributed by atoms with Gasteiger partial charge in [-0.1, -0.05) is 24.3 Å². The Morgan fingerprint density at radius 1 is 1.17 bits per heavy atom. The van der Waals surface area contributed by atoms with Crippen molar-refractivity contribution in [2.24, 2.45) is 5.92 Å². The third-order valence-electron chi connectivity index (χ3n) is 6.50. The van der Waals surface area contributed by atoms with E-state index in [9.17, 15) is 13.6 Å². The molecule has 2 unspecified atom stereocenters. The Morgan fingerprint density at radius 3 is 2.80 bits per heavy atom. The molecule has 2 aliphatic heterocycles. The van der Waals surface area contributed by atoms with Crippen LogP contribution in [0, 0.1) is 17.6 Å². The normalized spacial score (nSPS) is 26.3. The van der Waals surface area contributed by atoms with Crippen LogP contribution >= 0.6 is 11.8 Å². The van der Waals surface area contributed by atoms with Crippen LogP contribution in [-0.4, -0.2) is 24.0 Å². The van der Waals surface area contributed by atoms with Gasteiger partial charge in [-0.25, -0.2) is 14.2 Å².